The maximum Gasteiger partial charge on any atom is 0.222 e. The van der Waals surface area contributed by atoms with E-state index in [1.807, 2.05) is 11.8 Å². The Morgan fingerprint density at radius 1 is 1.38 bits per heavy atom. The van der Waals surface area contributed by atoms with Crippen LogP contribution in [-0.4, -0.2) is 36.3 Å². The first-order valence-corrected chi connectivity index (χ1v) is 7.06. The fourth-order valence-corrected chi connectivity index (χ4v) is 2.28. The zero-order chi connectivity index (χ0) is 15.7. The van der Waals surface area contributed by atoms with Crippen LogP contribution >= 0.6 is 0 Å². The second-order valence-electron chi connectivity index (χ2n) is 4.80. The third kappa shape index (κ3) is 5.81. The Morgan fingerprint density at radius 3 is 2.38 bits per heavy atom. The summed E-state index contributed by atoms with van der Waals surface area (Å²) in [6, 6.07) is 6.78. The number of likely N-dealkylation sites (tertiary alicyclic amines) is 1. The molecule has 0 atom stereocenters. The van der Waals surface area contributed by atoms with Gasteiger partial charge >= 0.3 is 0 Å². The highest BCUT2D eigenvalue weighted by Gasteiger charge is 2.21. The quantitative estimate of drug-likeness (QED) is 0.834. The van der Waals surface area contributed by atoms with Crippen LogP contribution in [0.5, 0.6) is 0 Å². The van der Waals surface area contributed by atoms with Crippen LogP contribution in [0.3, 0.4) is 0 Å². The van der Waals surface area contributed by atoms with Crippen LogP contribution in [0, 0.1) is 5.82 Å². The molecule has 1 saturated heterocycles. The van der Waals surface area contributed by atoms with Crippen molar-refractivity contribution in [2.24, 2.45) is 5.73 Å². The molecule has 5 nitrogen and oxygen atoms in total. The van der Waals surface area contributed by atoms with Gasteiger partial charge in [-0.25, -0.2) is 4.39 Å². The van der Waals surface area contributed by atoms with Gasteiger partial charge in [0.1, 0.15) is 5.82 Å². The average molecular weight is 295 g/mol. The number of carbonyl (C=O) groups is 2. The maximum absolute atomic E-state index is 12.8. The number of carbonyl (C=O) groups excluding carboxylic acids is 2. The minimum absolute atomic E-state index is 0.219. The van der Waals surface area contributed by atoms with E-state index in [4.69, 9.17) is 4.79 Å². The van der Waals surface area contributed by atoms with Crippen LogP contribution in [0.15, 0.2) is 24.3 Å². The van der Waals surface area contributed by atoms with Gasteiger partial charge in [0.2, 0.25) is 12.3 Å². The van der Waals surface area contributed by atoms with E-state index in [1.54, 1.807) is 12.1 Å². The summed E-state index contributed by atoms with van der Waals surface area (Å²) < 4.78 is 12.8. The SMILES string of the molecule is CCC(=O)N1CCC(Nc2ccc(F)cc2)CC1.NC=O. The third-order valence-corrected chi connectivity index (χ3v) is 3.37. The zero-order valence-corrected chi connectivity index (χ0v) is 12.2. The zero-order valence-electron chi connectivity index (χ0n) is 12.2. The van der Waals surface area contributed by atoms with E-state index in [1.165, 1.54) is 12.1 Å². The lowest BCUT2D eigenvalue weighted by molar-refractivity contribution is -0.131. The summed E-state index contributed by atoms with van der Waals surface area (Å²) in [7, 11) is 0. The van der Waals surface area contributed by atoms with Crippen molar-refractivity contribution in [1.29, 1.82) is 0 Å². The van der Waals surface area contributed by atoms with Gasteiger partial charge in [0.25, 0.3) is 0 Å². The van der Waals surface area contributed by atoms with Crippen LogP contribution in [0.2, 0.25) is 0 Å². The van der Waals surface area contributed by atoms with Gasteiger partial charge in [0.05, 0.1) is 0 Å². The van der Waals surface area contributed by atoms with Crippen LogP contribution < -0.4 is 11.1 Å². The van der Waals surface area contributed by atoms with Gasteiger partial charge in [-0.2, -0.15) is 0 Å². The molecule has 0 aliphatic carbocycles. The number of nitrogens with zero attached hydrogens (tertiary/aromatic N) is 1. The molecule has 0 saturated carbocycles. The molecular weight excluding hydrogens is 273 g/mol. The number of anilines is 1. The van der Waals surface area contributed by atoms with E-state index in [9.17, 15) is 9.18 Å². The summed E-state index contributed by atoms with van der Waals surface area (Å²) in [6.45, 7) is 3.52. The molecule has 0 unspecified atom stereocenters. The Labute approximate surface area is 124 Å². The fourth-order valence-electron chi connectivity index (χ4n) is 2.28. The molecule has 1 fully saturated rings. The molecule has 1 aliphatic heterocycles. The lowest BCUT2D eigenvalue weighted by Gasteiger charge is -2.32. The molecule has 21 heavy (non-hydrogen) atoms. The van der Waals surface area contributed by atoms with E-state index < -0.39 is 0 Å². The predicted octanol–water partition coefficient (Wildman–Crippen LogP) is 1.74. The molecule has 1 aliphatic rings. The lowest BCUT2D eigenvalue weighted by atomic mass is 10.0. The van der Waals surface area contributed by atoms with Gasteiger partial charge in [-0.15, -0.1) is 0 Å². The van der Waals surface area contributed by atoms with Crippen molar-refractivity contribution in [1.82, 2.24) is 4.90 Å². The molecule has 0 bridgehead atoms. The molecule has 0 radical (unpaired) electrons. The van der Waals surface area contributed by atoms with E-state index >= 15 is 0 Å². The summed E-state index contributed by atoms with van der Waals surface area (Å²) in [4.78, 5) is 22.0. The van der Waals surface area contributed by atoms with Crippen molar-refractivity contribution in [3.05, 3.63) is 30.1 Å². The number of hydrogen-bond acceptors (Lipinski definition) is 3. The topological polar surface area (TPSA) is 75.4 Å². The van der Waals surface area contributed by atoms with Gasteiger partial charge in [-0.1, -0.05) is 6.92 Å². The largest absolute Gasteiger partial charge is 0.382 e. The third-order valence-electron chi connectivity index (χ3n) is 3.37. The molecule has 6 heteroatoms. The summed E-state index contributed by atoms with van der Waals surface area (Å²) in [5.74, 6) is 0.0131. The van der Waals surface area contributed by atoms with E-state index in [0.29, 0.717) is 12.5 Å². The number of rotatable bonds is 3. The average Bonchev–Trinajstić information content (AvgIpc) is 2.50. The minimum atomic E-state index is -0.219. The Morgan fingerprint density at radius 2 is 1.90 bits per heavy atom. The van der Waals surface area contributed by atoms with E-state index in [-0.39, 0.29) is 18.1 Å². The van der Waals surface area contributed by atoms with Crippen LogP contribution in [0.4, 0.5) is 10.1 Å². The summed E-state index contributed by atoms with van der Waals surface area (Å²) in [6.07, 6.45) is 2.72. The summed E-state index contributed by atoms with van der Waals surface area (Å²) in [5.41, 5.74) is 5.11. The molecule has 1 aromatic carbocycles. The summed E-state index contributed by atoms with van der Waals surface area (Å²) in [5, 5.41) is 3.38. The van der Waals surface area contributed by atoms with E-state index in [2.05, 4.69) is 11.1 Å². The molecule has 116 valence electrons. The van der Waals surface area contributed by atoms with Crippen LogP contribution in [0.25, 0.3) is 0 Å². The van der Waals surface area contributed by atoms with Crippen molar-refractivity contribution < 1.29 is 14.0 Å². The Kier molecular flexibility index (Phi) is 7.21. The standard InChI is InChI=1S/C14H19FN2O.CH3NO/c1-2-14(18)17-9-7-13(8-10-17)16-12-5-3-11(15)4-6-12;2-1-3/h3-6,13,16H,2,7-10H2,1H3;1H,(H2,2,3). The number of piperidine rings is 1. The normalized spacial score (nSPS) is 14.9. The molecule has 3 N–H and O–H groups in total. The maximum atomic E-state index is 12.8. The molecule has 1 heterocycles. The molecule has 0 spiro atoms. The number of halogens is 1. The number of nitrogens with one attached hydrogen (secondary N) is 1. The van der Waals surface area contributed by atoms with Crippen molar-refractivity contribution in [3.63, 3.8) is 0 Å². The molecule has 1 aromatic rings. The number of nitrogens with two attached hydrogens (primary N) is 1. The van der Waals surface area contributed by atoms with Crippen LogP contribution in [0.1, 0.15) is 26.2 Å². The number of amides is 2. The highest BCUT2D eigenvalue weighted by Crippen LogP contribution is 2.17. The number of benzene rings is 1. The van der Waals surface area contributed by atoms with Crippen molar-refractivity contribution in [3.8, 4) is 0 Å². The monoisotopic (exact) mass is 295 g/mol. The predicted molar refractivity (Wildman–Crippen MR) is 80.2 cm³/mol. The second-order valence-corrected chi connectivity index (χ2v) is 4.80. The molecule has 0 aromatic heterocycles. The fraction of sp³-hybridized carbons (Fsp3) is 0.467. The van der Waals surface area contributed by atoms with Crippen molar-refractivity contribution in [2.45, 2.75) is 32.2 Å². The smallest absolute Gasteiger partial charge is 0.222 e. The first-order chi connectivity index (χ1) is 10.1. The second kappa shape index (κ2) is 8.94. The highest BCUT2D eigenvalue weighted by molar-refractivity contribution is 5.75. The number of primary amides is 1. The van der Waals surface area contributed by atoms with Crippen LogP contribution in [-0.2, 0) is 9.59 Å². The van der Waals surface area contributed by atoms with E-state index in [0.717, 1.165) is 31.6 Å². The van der Waals surface area contributed by atoms with Gasteiger partial charge in [-0.3, -0.25) is 9.59 Å². The first-order valence-electron chi connectivity index (χ1n) is 7.06. The summed E-state index contributed by atoms with van der Waals surface area (Å²) >= 11 is 0. The minimum Gasteiger partial charge on any atom is -0.382 e. The van der Waals surface area contributed by atoms with Gasteiger partial charge in [0, 0.05) is 31.2 Å². The van der Waals surface area contributed by atoms with Gasteiger partial charge < -0.3 is 16.0 Å². The Hall–Kier alpha value is -2.11. The van der Waals surface area contributed by atoms with Crippen molar-refractivity contribution >= 4 is 18.0 Å². The highest BCUT2D eigenvalue weighted by atomic mass is 19.1. The van der Waals surface area contributed by atoms with Gasteiger partial charge in [0.15, 0.2) is 0 Å². The number of hydrogen-bond donors (Lipinski definition) is 2. The molecule has 2 rings (SSSR count). The Balaban J connectivity index is 0.000000677. The molecular formula is C15H22FN3O2. The first kappa shape index (κ1) is 16.9. The Bertz CT molecular complexity index is 443. The molecule has 2 amide bonds. The van der Waals surface area contributed by atoms with Gasteiger partial charge in [-0.05, 0) is 37.1 Å². The lowest BCUT2D eigenvalue weighted by Crippen LogP contribution is -2.42. The van der Waals surface area contributed by atoms with Crippen molar-refractivity contribution in [2.75, 3.05) is 18.4 Å².